The normalized spacial score (nSPS) is 12.2. The summed E-state index contributed by atoms with van der Waals surface area (Å²) in [5, 5.41) is 4.47. The van der Waals surface area contributed by atoms with Gasteiger partial charge in [0.15, 0.2) is 11.2 Å². The van der Waals surface area contributed by atoms with Gasteiger partial charge in [0.05, 0.1) is 5.52 Å². The van der Waals surface area contributed by atoms with Gasteiger partial charge in [0.2, 0.25) is 0 Å². The Kier molecular flexibility index (Phi) is 2.07. The average Bonchev–Trinajstić information content (AvgIpc) is 3.26. The lowest BCUT2D eigenvalue weighted by Gasteiger charge is -2.07. The van der Waals surface area contributed by atoms with Crippen molar-refractivity contribution in [2.24, 2.45) is 0 Å². The Balaban J connectivity index is 2.02. The van der Waals surface area contributed by atoms with E-state index in [-0.39, 0.29) is 0 Å². The summed E-state index contributed by atoms with van der Waals surface area (Å²) in [5.41, 5.74) is 4.59. The fourth-order valence-corrected chi connectivity index (χ4v) is 3.69. The highest BCUT2D eigenvalue weighted by atomic mass is 16.3. The number of aromatic nitrogens is 3. The Labute approximate surface area is 136 Å². The van der Waals surface area contributed by atoms with E-state index < -0.39 is 0 Å². The van der Waals surface area contributed by atoms with Crippen molar-refractivity contribution in [3.63, 3.8) is 0 Å². The Morgan fingerprint density at radius 1 is 0.750 bits per heavy atom. The van der Waals surface area contributed by atoms with E-state index in [2.05, 4.69) is 38.6 Å². The quantitative estimate of drug-likeness (QED) is 0.373. The summed E-state index contributed by atoms with van der Waals surface area (Å²) in [7, 11) is 0. The van der Waals surface area contributed by atoms with Gasteiger partial charge in [-0.25, -0.2) is 4.98 Å². The molecule has 0 N–H and O–H groups in total. The van der Waals surface area contributed by atoms with Gasteiger partial charge in [0, 0.05) is 40.1 Å². The lowest BCUT2D eigenvalue weighted by molar-refractivity contribution is 0.671. The van der Waals surface area contributed by atoms with Crippen molar-refractivity contribution in [3.8, 4) is 0 Å². The van der Waals surface area contributed by atoms with Crippen molar-refractivity contribution >= 4 is 49.4 Å². The first-order valence-electron chi connectivity index (χ1n) is 7.85. The first kappa shape index (κ1) is 12.1. The Morgan fingerprint density at radius 3 is 2.62 bits per heavy atom. The molecule has 0 radical (unpaired) electrons. The van der Waals surface area contributed by atoms with Gasteiger partial charge in [0.1, 0.15) is 11.1 Å². The molecule has 4 nitrogen and oxygen atoms in total. The first-order valence-corrected chi connectivity index (χ1v) is 7.85. The minimum absolute atomic E-state index is 0.853. The maximum atomic E-state index is 6.22. The van der Waals surface area contributed by atoms with Crippen LogP contribution in [0, 0.1) is 0 Å². The van der Waals surface area contributed by atoms with Crippen molar-refractivity contribution in [1.82, 2.24) is 14.4 Å². The van der Waals surface area contributed by atoms with Crippen LogP contribution in [0.25, 0.3) is 49.4 Å². The van der Waals surface area contributed by atoms with Gasteiger partial charge in [-0.3, -0.25) is 9.38 Å². The van der Waals surface area contributed by atoms with Crippen LogP contribution in [0.4, 0.5) is 0 Å². The summed E-state index contributed by atoms with van der Waals surface area (Å²) < 4.78 is 8.30. The van der Waals surface area contributed by atoms with Gasteiger partial charge in [-0.1, -0.05) is 30.3 Å². The molecule has 0 aliphatic heterocycles. The van der Waals surface area contributed by atoms with Crippen LogP contribution in [-0.4, -0.2) is 14.4 Å². The third-order valence-corrected chi connectivity index (χ3v) is 4.71. The molecule has 6 aromatic rings. The Morgan fingerprint density at radius 2 is 1.62 bits per heavy atom. The van der Waals surface area contributed by atoms with Crippen LogP contribution in [0.5, 0.6) is 0 Å². The second kappa shape index (κ2) is 4.11. The molecule has 0 bridgehead atoms. The molecule has 0 saturated carbocycles. The molecule has 0 aliphatic carbocycles. The highest BCUT2D eigenvalue weighted by Gasteiger charge is 2.16. The van der Waals surface area contributed by atoms with E-state index >= 15 is 0 Å². The smallest absolute Gasteiger partial charge is 0.164 e. The van der Waals surface area contributed by atoms with Crippen LogP contribution in [0.2, 0.25) is 0 Å². The fourth-order valence-electron chi connectivity index (χ4n) is 3.69. The third-order valence-electron chi connectivity index (χ3n) is 4.71. The van der Waals surface area contributed by atoms with Gasteiger partial charge < -0.3 is 4.42 Å². The molecule has 4 heteroatoms. The highest BCUT2D eigenvalue weighted by molar-refractivity contribution is 6.20. The molecule has 6 rings (SSSR count). The van der Waals surface area contributed by atoms with Crippen LogP contribution < -0.4 is 0 Å². The van der Waals surface area contributed by atoms with Crippen molar-refractivity contribution < 1.29 is 4.42 Å². The molecule has 0 spiro atoms. The molecule has 0 fully saturated rings. The highest BCUT2D eigenvalue weighted by Crippen LogP contribution is 2.37. The van der Waals surface area contributed by atoms with E-state index in [1.54, 1.807) is 0 Å². The molecule has 4 heterocycles. The van der Waals surface area contributed by atoms with Crippen LogP contribution >= 0.6 is 0 Å². The number of nitrogens with zero attached hydrogens (tertiary/aromatic N) is 3. The van der Waals surface area contributed by atoms with Crippen molar-refractivity contribution in [2.45, 2.75) is 0 Å². The van der Waals surface area contributed by atoms with Crippen molar-refractivity contribution in [1.29, 1.82) is 0 Å². The standard InChI is InChI=1S/C20H11N3O/c1-2-6-16-12(4-1)15-8-7-14-13-5-3-9-21-17(13)20-22-10-11-23(20)18(14)19(15)24-16/h1-11H. The van der Waals surface area contributed by atoms with Crippen molar-refractivity contribution in [3.05, 3.63) is 67.1 Å². The zero-order valence-electron chi connectivity index (χ0n) is 12.6. The number of furan rings is 1. The van der Waals surface area contributed by atoms with Gasteiger partial charge >= 0.3 is 0 Å². The van der Waals surface area contributed by atoms with Crippen molar-refractivity contribution in [2.75, 3.05) is 0 Å². The second-order valence-corrected chi connectivity index (χ2v) is 5.96. The zero-order valence-corrected chi connectivity index (χ0v) is 12.6. The molecule has 0 saturated heterocycles. The maximum absolute atomic E-state index is 6.22. The van der Waals surface area contributed by atoms with Gasteiger partial charge in [0.25, 0.3) is 0 Å². The summed E-state index contributed by atoms with van der Waals surface area (Å²) in [6.07, 6.45) is 5.59. The summed E-state index contributed by atoms with van der Waals surface area (Å²) in [6, 6.07) is 16.5. The number of pyridine rings is 2. The number of fused-ring (bicyclic) bond motifs is 10. The lowest BCUT2D eigenvalue weighted by Crippen LogP contribution is -1.92. The molecule has 4 aromatic heterocycles. The number of para-hydroxylation sites is 1. The molecular formula is C20H11N3O. The molecule has 112 valence electrons. The van der Waals surface area contributed by atoms with Crippen LogP contribution in [-0.2, 0) is 0 Å². The van der Waals surface area contributed by atoms with E-state index in [9.17, 15) is 0 Å². The largest absolute Gasteiger partial charge is 0.454 e. The summed E-state index contributed by atoms with van der Waals surface area (Å²) in [6.45, 7) is 0. The van der Waals surface area contributed by atoms with Crippen LogP contribution in [0.1, 0.15) is 0 Å². The number of benzene rings is 2. The minimum atomic E-state index is 0.853. The third kappa shape index (κ3) is 1.34. The number of hydrogen-bond acceptors (Lipinski definition) is 3. The van der Waals surface area contributed by atoms with Gasteiger partial charge in [-0.05, 0) is 18.2 Å². The van der Waals surface area contributed by atoms with Gasteiger partial charge in [-0.2, -0.15) is 0 Å². The molecule has 24 heavy (non-hydrogen) atoms. The number of hydrogen-bond donors (Lipinski definition) is 0. The summed E-state index contributed by atoms with van der Waals surface area (Å²) in [4.78, 5) is 9.06. The molecule has 0 aliphatic rings. The predicted molar refractivity (Wildman–Crippen MR) is 95.3 cm³/mol. The minimum Gasteiger partial charge on any atom is -0.454 e. The predicted octanol–water partition coefficient (Wildman–Crippen LogP) is 4.94. The van der Waals surface area contributed by atoms with E-state index in [4.69, 9.17) is 4.42 Å². The monoisotopic (exact) mass is 309 g/mol. The van der Waals surface area contributed by atoms with E-state index in [1.807, 2.05) is 42.9 Å². The first-order chi connectivity index (χ1) is 11.9. The number of imidazole rings is 1. The molecule has 0 amide bonds. The number of rotatable bonds is 0. The summed E-state index contributed by atoms with van der Waals surface area (Å²) in [5.74, 6) is 0. The van der Waals surface area contributed by atoms with Crippen LogP contribution in [0.3, 0.4) is 0 Å². The lowest BCUT2D eigenvalue weighted by atomic mass is 10.1. The maximum Gasteiger partial charge on any atom is 0.164 e. The Bertz CT molecular complexity index is 1410. The van der Waals surface area contributed by atoms with Gasteiger partial charge in [-0.15, -0.1) is 0 Å². The average molecular weight is 309 g/mol. The molecule has 2 aromatic carbocycles. The van der Waals surface area contributed by atoms with E-state index in [0.717, 1.165) is 49.4 Å². The molecule has 0 unspecified atom stereocenters. The van der Waals surface area contributed by atoms with Crippen LogP contribution in [0.15, 0.2) is 71.5 Å². The zero-order chi connectivity index (χ0) is 15.7. The summed E-state index contributed by atoms with van der Waals surface area (Å²) >= 11 is 0. The second-order valence-electron chi connectivity index (χ2n) is 5.96. The van der Waals surface area contributed by atoms with E-state index in [0.29, 0.717) is 0 Å². The SMILES string of the molecule is c1ccc2c(c1)oc1c2ccc2c3cccnc3c3nccn3c21. The molecular weight excluding hydrogens is 298 g/mol. The fraction of sp³-hybridized carbons (Fsp3) is 0. The topological polar surface area (TPSA) is 43.3 Å². The molecule has 0 atom stereocenters. The Hall–Kier alpha value is -3.40. The van der Waals surface area contributed by atoms with E-state index in [1.165, 1.54) is 0 Å².